The summed E-state index contributed by atoms with van der Waals surface area (Å²) < 4.78 is 5.14. The van der Waals surface area contributed by atoms with Crippen molar-refractivity contribution in [3.05, 3.63) is 34.2 Å². The van der Waals surface area contributed by atoms with Crippen molar-refractivity contribution >= 4 is 17.2 Å². The summed E-state index contributed by atoms with van der Waals surface area (Å²) in [7, 11) is 2.62. The average Bonchev–Trinajstić information content (AvgIpc) is 2.90. The number of benzene rings is 1. The predicted molar refractivity (Wildman–Crippen MR) is 75.5 cm³/mol. The van der Waals surface area contributed by atoms with Gasteiger partial charge in [0.1, 0.15) is 10.6 Å². The molecule has 0 radical (unpaired) electrons. The Morgan fingerprint density at radius 1 is 1.42 bits per heavy atom. The van der Waals surface area contributed by atoms with Gasteiger partial charge < -0.3 is 15.6 Å². The van der Waals surface area contributed by atoms with Crippen LogP contribution in [0.2, 0.25) is 0 Å². The van der Waals surface area contributed by atoms with Crippen LogP contribution in [-0.4, -0.2) is 30.2 Å². The smallest absolute Gasteiger partial charge is 0.261 e. The highest BCUT2D eigenvalue weighted by atomic mass is 32.1. The molecule has 0 saturated heterocycles. The Bertz CT molecular complexity index is 567. The molecule has 1 amide bonds. The fraction of sp³-hybridized carbons (Fsp3) is 0.231. The number of hydrogen-bond acceptors (Lipinski definition) is 5. The van der Waals surface area contributed by atoms with Crippen LogP contribution in [0.3, 0.4) is 0 Å². The lowest BCUT2D eigenvalue weighted by Crippen LogP contribution is -2.10. The van der Waals surface area contributed by atoms with E-state index in [4.69, 9.17) is 15.6 Å². The first-order valence-electron chi connectivity index (χ1n) is 5.46. The van der Waals surface area contributed by atoms with Gasteiger partial charge in [0.15, 0.2) is 0 Å². The van der Waals surface area contributed by atoms with E-state index < -0.39 is 5.91 Å². The molecule has 0 bridgehead atoms. The molecule has 0 aliphatic rings. The lowest BCUT2D eigenvalue weighted by molar-refractivity contribution is 0.100. The van der Waals surface area contributed by atoms with Gasteiger partial charge in [-0.15, -0.1) is 11.3 Å². The molecule has 19 heavy (non-hydrogen) atoms. The summed E-state index contributed by atoms with van der Waals surface area (Å²) in [6.07, 6.45) is 0. The van der Waals surface area contributed by atoms with Crippen LogP contribution in [0, 0.1) is 6.92 Å². The number of aliphatic hydroxyl groups is 1. The Hall–Kier alpha value is -1.92. The molecule has 2 aromatic rings. The summed E-state index contributed by atoms with van der Waals surface area (Å²) in [5.41, 5.74) is 9.48. The van der Waals surface area contributed by atoms with Crippen LogP contribution in [0.25, 0.3) is 11.3 Å². The summed E-state index contributed by atoms with van der Waals surface area (Å²) >= 11 is 1.25. The number of thiazole rings is 1. The summed E-state index contributed by atoms with van der Waals surface area (Å²) in [5, 5.41) is 7.00. The van der Waals surface area contributed by atoms with Gasteiger partial charge in [-0.05, 0) is 30.7 Å². The fourth-order valence-electron chi connectivity index (χ4n) is 1.64. The molecule has 1 heterocycles. The van der Waals surface area contributed by atoms with Crippen molar-refractivity contribution in [3.63, 3.8) is 0 Å². The number of methoxy groups -OCH3 is 1. The summed E-state index contributed by atoms with van der Waals surface area (Å²) in [4.78, 5) is 15.9. The molecule has 0 aliphatic carbocycles. The summed E-state index contributed by atoms with van der Waals surface area (Å²) in [5.74, 6) is 0.333. The number of nitrogens with two attached hydrogens (primary N) is 1. The standard InChI is InChI=1S/C12H12N2O2S.CH4O/c1-7-5-8(16-2)3-4-9(7)10-11(12(13)15)17-6-14-10;1-2/h3-6H,1-2H3,(H2,13,15);2H,1H3. The minimum absolute atomic E-state index is 0.447. The molecule has 0 atom stereocenters. The van der Waals surface area contributed by atoms with Crippen molar-refractivity contribution in [1.29, 1.82) is 0 Å². The highest BCUT2D eigenvalue weighted by Crippen LogP contribution is 2.29. The van der Waals surface area contributed by atoms with Gasteiger partial charge >= 0.3 is 0 Å². The lowest BCUT2D eigenvalue weighted by Gasteiger charge is -2.06. The molecule has 2 rings (SSSR count). The van der Waals surface area contributed by atoms with Crippen molar-refractivity contribution in [3.8, 4) is 17.0 Å². The van der Waals surface area contributed by atoms with Crippen molar-refractivity contribution < 1.29 is 14.6 Å². The zero-order valence-corrected chi connectivity index (χ0v) is 11.8. The molecule has 1 aromatic heterocycles. The van der Waals surface area contributed by atoms with Gasteiger partial charge in [-0.2, -0.15) is 0 Å². The minimum atomic E-state index is -0.447. The van der Waals surface area contributed by atoms with Crippen LogP contribution < -0.4 is 10.5 Å². The van der Waals surface area contributed by atoms with Crippen LogP contribution >= 0.6 is 11.3 Å². The van der Waals surface area contributed by atoms with Crippen LogP contribution in [0.5, 0.6) is 5.75 Å². The minimum Gasteiger partial charge on any atom is -0.497 e. The Morgan fingerprint density at radius 3 is 2.63 bits per heavy atom. The summed E-state index contributed by atoms with van der Waals surface area (Å²) in [6.45, 7) is 1.95. The number of hydrogen-bond donors (Lipinski definition) is 2. The number of aromatic nitrogens is 1. The number of aryl methyl sites for hydroxylation is 1. The van der Waals surface area contributed by atoms with Gasteiger partial charge in [-0.25, -0.2) is 4.98 Å². The summed E-state index contributed by atoms with van der Waals surface area (Å²) in [6, 6.07) is 5.63. The number of primary amides is 1. The van der Waals surface area contributed by atoms with Crippen molar-refractivity contribution in [2.24, 2.45) is 5.73 Å². The molecule has 0 saturated carbocycles. The third-order valence-electron chi connectivity index (χ3n) is 2.48. The number of nitrogens with zero attached hydrogens (tertiary/aromatic N) is 1. The van der Waals surface area contributed by atoms with E-state index in [1.54, 1.807) is 12.6 Å². The van der Waals surface area contributed by atoms with Gasteiger partial charge in [0, 0.05) is 12.7 Å². The highest BCUT2D eigenvalue weighted by molar-refractivity contribution is 7.12. The topological polar surface area (TPSA) is 85.4 Å². The second-order valence-corrected chi connectivity index (χ2v) is 4.43. The van der Waals surface area contributed by atoms with E-state index in [1.807, 2.05) is 25.1 Å². The first-order chi connectivity index (χ1) is 9.13. The maximum Gasteiger partial charge on any atom is 0.261 e. The number of aliphatic hydroxyl groups excluding tert-OH is 1. The van der Waals surface area contributed by atoms with E-state index in [0.29, 0.717) is 10.6 Å². The molecule has 0 fully saturated rings. The van der Waals surface area contributed by atoms with Gasteiger partial charge in [-0.3, -0.25) is 4.79 Å². The van der Waals surface area contributed by atoms with E-state index in [-0.39, 0.29) is 0 Å². The van der Waals surface area contributed by atoms with Crippen molar-refractivity contribution in [2.45, 2.75) is 6.92 Å². The van der Waals surface area contributed by atoms with Crippen LogP contribution in [-0.2, 0) is 0 Å². The zero-order valence-electron chi connectivity index (χ0n) is 11.0. The van der Waals surface area contributed by atoms with E-state index >= 15 is 0 Å². The van der Waals surface area contributed by atoms with Gasteiger partial charge in [-0.1, -0.05) is 0 Å². The van der Waals surface area contributed by atoms with E-state index in [0.717, 1.165) is 24.0 Å². The quantitative estimate of drug-likeness (QED) is 0.898. The second-order valence-electron chi connectivity index (χ2n) is 3.58. The molecule has 6 heteroatoms. The second kappa shape index (κ2) is 6.86. The zero-order chi connectivity index (χ0) is 14.4. The molecule has 0 aliphatic heterocycles. The number of carbonyl (C=O) groups excluding carboxylic acids is 1. The Morgan fingerprint density at radius 2 is 2.11 bits per heavy atom. The van der Waals surface area contributed by atoms with Gasteiger partial charge in [0.05, 0.1) is 18.3 Å². The Kier molecular flexibility index (Phi) is 5.47. The third-order valence-corrected chi connectivity index (χ3v) is 3.32. The van der Waals surface area contributed by atoms with Crippen molar-refractivity contribution in [2.75, 3.05) is 14.2 Å². The fourth-order valence-corrected chi connectivity index (χ4v) is 2.30. The number of amides is 1. The maximum atomic E-state index is 11.3. The Labute approximate surface area is 115 Å². The molecule has 0 spiro atoms. The monoisotopic (exact) mass is 280 g/mol. The molecule has 3 N–H and O–H groups in total. The van der Waals surface area contributed by atoms with Crippen molar-refractivity contribution in [1.82, 2.24) is 4.98 Å². The molecule has 1 aromatic carbocycles. The lowest BCUT2D eigenvalue weighted by atomic mass is 10.0. The number of ether oxygens (including phenoxy) is 1. The predicted octanol–water partition coefficient (Wildman–Crippen LogP) is 1.83. The number of carbonyl (C=O) groups is 1. The van der Waals surface area contributed by atoms with E-state index in [2.05, 4.69) is 4.98 Å². The largest absolute Gasteiger partial charge is 0.497 e. The van der Waals surface area contributed by atoms with Gasteiger partial charge in [0.2, 0.25) is 0 Å². The molecular formula is C13H16N2O3S. The Balaban J connectivity index is 0.000000861. The highest BCUT2D eigenvalue weighted by Gasteiger charge is 2.15. The molecule has 102 valence electrons. The average molecular weight is 280 g/mol. The third kappa shape index (κ3) is 3.30. The van der Waals surface area contributed by atoms with E-state index in [1.165, 1.54) is 11.3 Å². The number of rotatable bonds is 3. The molecule has 5 nitrogen and oxygen atoms in total. The van der Waals surface area contributed by atoms with E-state index in [9.17, 15) is 4.79 Å². The van der Waals surface area contributed by atoms with Gasteiger partial charge in [0.25, 0.3) is 5.91 Å². The van der Waals surface area contributed by atoms with Crippen LogP contribution in [0.1, 0.15) is 15.2 Å². The molecular weight excluding hydrogens is 264 g/mol. The first kappa shape index (κ1) is 15.1. The normalized spacial score (nSPS) is 9.47. The maximum absolute atomic E-state index is 11.3. The SMILES string of the molecule is CO.COc1ccc(-c2ncsc2C(N)=O)c(C)c1. The first-order valence-corrected chi connectivity index (χ1v) is 6.34. The van der Waals surface area contributed by atoms with Crippen LogP contribution in [0.15, 0.2) is 23.7 Å². The van der Waals surface area contributed by atoms with Crippen LogP contribution in [0.4, 0.5) is 0 Å². The molecule has 0 unspecified atom stereocenters.